The van der Waals surface area contributed by atoms with Gasteiger partial charge in [-0.15, -0.1) is 0 Å². The fourth-order valence-corrected chi connectivity index (χ4v) is 4.37. The number of halogens is 2. The van der Waals surface area contributed by atoms with Crippen LogP contribution < -0.4 is 0 Å². The zero-order valence-corrected chi connectivity index (χ0v) is 20.2. The lowest BCUT2D eigenvalue weighted by molar-refractivity contribution is -0.143. The van der Waals surface area contributed by atoms with E-state index in [0.29, 0.717) is 43.1 Å². The van der Waals surface area contributed by atoms with Gasteiger partial charge in [0.1, 0.15) is 24.8 Å². The summed E-state index contributed by atoms with van der Waals surface area (Å²) in [5.74, 6) is -1.56. The normalized spacial score (nSPS) is 18.2. The smallest absolute Gasteiger partial charge is 0.262 e. The average molecular weight is 501 g/mol. The van der Waals surface area contributed by atoms with Gasteiger partial charge in [-0.05, 0) is 23.8 Å². The van der Waals surface area contributed by atoms with Crippen LogP contribution in [-0.2, 0) is 19.1 Å². The minimum Gasteiger partial charge on any atom is -0.379 e. The Kier molecular flexibility index (Phi) is 8.74. The molecule has 1 atom stereocenters. The van der Waals surface area contributed by atoms with E-state index in [4.69, 9.17) is 9.47 Å². The number of carbonyl (C=O) groups excluding carboxylic acids is 2. The van der Waals surface area contributed by atoms with Crippen LogP contribution in [0.15, 0.2) is 53.6 Å². The van der Waals surface area contributed by atoms with E-state index < -0.39 is 23.6 Å². The largest absolute Gasteiger partial charge is 0.379 e. The molecule has 2 aromatic rings. The number of benzene rings is 2. The molecule has 0 unspecified atom stereocenters. The molecule has 2 heterocycles. The molecular weight excluding hydrogens is 470 g/mol. The molecule has 0 spiro atoms. The summed E-state index contributed by atoms with van der Waals surface area (Å²) in [5, 5.41) is 5.77. The molecular formula is C26H30F2N4O4. The van der Waals surface area contributed by atoms with Gasteiger partial charge in [0.25, 0.3) is 5.91 Å². The van der Waals surface area contributed by atoms with Crippen LogP contribution in [0.2, 0.25) is 0 Å². The number of hydrazone groups is 1. The van der Waals surface area contributed by atoms with Gasteiger partial charge in [-0.2, -0.15) is 5.10 Å². The molecule has 1 saturated heterocycles. The average Bonchev–Trinajstić information content (AvgIpc) is 3.33. The van der Waals surface area contributed by atoms with Gasteiger partial charge in [-0.3, -0.25) is 14.5 Å². The standard InChI is InChI=1S/C26H30F2N4O4/c1-35-18-26(34)31(11-10-30-12-14-36-15-13-30)17-25(33)32-24(19-6-8-20(27)9-7-19)16-23(29-32)21-4-2-3-5-22(21)28/h2-9,24H,10-18H2,1H3/t24-/m0/s1. The number of ether oxygens (including phenoxy) is 2. The predicted molar refractivity (Wildman–Crippen MR) is 129 cm³/mol. The second kappa shape index (κ2) is 12.2. The summed E-state index contributed by atoms with van der Waals surface area (Å²) in [4.78, 5) is 29.9. The number of carbonyl (C=O) groups is 2. The number of rotatable bonds is 9. The summed E-state index contributed by atoms with van der Waals surface area (Å²) in [6.07, 6.45) is 0.262. The zero-order valence-electron chi connectivity index (χ0n) is 20.2. The molecule has 192 valence electrons. The maximum absolute atomic E-state index is 14.5. The maximum atomic E-state index is 14.5. The number of morpholine rings is 1. The number of methoxy groups -OCH3 is 1. The third-order valence-electron chi connectivity index (χ3n) is 6.34. The van der Waals surface area contributed by atoms with Crippen molar-refractivity contribution in [3.05, 3.63) is 71.3 Å². The van der Waals surface area contributed by atoms with Crippen molar-refractivity contribution >= 4 is 17.5 Å². The third-order valence-corrected chi connectivity index (χ3v) is 6.34. The van der Waals surface area contributed by atoms with Gasteiger partial charge in [0.05, 0.1) is 25.0 Å². The Labute approximate surface area is 209 Å². The Morgan fingerprint density at radius 2 is 1.83 bits per heavy atom. The highest BCUT2D eigenvalue weighted by atomic mass is 19.1. The molecule has 36 heavy (non-hydrogen) atoms. The highest BCUT2D eigenvalue weighted by molar-refractivity contribution is 6.03. The molecule has 10 heteroatoms. The highest BCUT2D eigenvalue weighted by Crippen LogP contribution is 2.33. The van der Waals surface area contributed by atoms with E-state index in [-0.39, 0.29) is 25.5 Å². The summed E-state index contributed by atoms with van der Waals surface area (Å²) in [7, 11) is 1.43. The van der Waals surface area contributed by atoms with Crippen molar-refractivity contribution in [1.29, 1.82) is 0 Å². The second-order valence-electron chi connectivity index (χ2n) is 8.74. The lowest BCUT2D eigenvalue weighted by atomic mass is 9.98. The molecule has 2 aliphatic rings. The summed E-state index contributed by atoms with van der Waals surface area (Å²) in [6, 6.07) is 11.5. The first kappa shape index (κ1) is 25.9. The molecule has 4 rings (SSSR count). The van der Waals surface area contributed by atoms with Crippen molar-refractivity contribution in [2.24, 2.45) is 5.10 Å². The minimum absolute atomic E-state index is 0.151. The Morgan fingerprint density at radius 1 is 1.11 bits per heavy atom. The van der Waals surface area contributed by atoms with E-state index in [0.717, 1.165) is 13.1 Å². The molecule has 2 aromatic carbocycles. The molecule has 2 aliphatic heterocycles. The van der Waals surface area contributed by atoms with E-state index in [1.54, 1.807) is 30.3 Å². The molecule has 0 radical (unpaired) electrons. The first-order valence-corrected chi connectivity index (χ1v) is 11.9. The van der Waals surface area contributed by atoms with Crippen molar-refractivity contribution in [2.75, 3.05) is 59.7 Å². The molecule has 0 aliphatic carbocycles. The van der Waals surface area contributed by atoms with Crippen LogP contribution >= 0.6 is 0 Å². The van der Waals surface area contributed by atoms with Crippen LogP contribution in [0.3, 0.4) is 0 Å². The Balaban J connectivity index is 1.55. The van der Waals surface area contributed by atoms with Gasteiger partial charge < -0.3 is 14.4 Å². The van der Waals surface area contributed by atoms with Crippen molar-refractivity contribution in [3.8, 4) is 0 Å². The molecule has 1 fully saturated rings. The fraction of sp³-hybridized carbons (Fsp3) is 0.423. The Morgan fingerprint density at radius 3 is 2.53 bits per heavy atom. The molecule has 0 aromatic heterocycles. The van der Waals surface area contributed by atoms with Gasteiger partial charge in [-0.25, -0.2) is 13.8 Å². The second-order valence-corrected chi connectivity index (χ2v) is 8.74. The molecule has 0 bridgehead atoms. The van der Waals surface area contributed by atoms with Crippen LogP contribution in [-0.4, -0.2) is 92.0 Å². The molecule has 8 nitrogen and oxygen atoms in total. The van der Waals surface area contributed by atoms with Crippen LogP contribution in [0.25, 0.3) is 0 Å². The van der Waals surface area contributed by atoms with Gasteiger partial charge in [0, 0.05) is 45.3 Å². The summed E-state index contributed by atoms with van der Waals surface area (Å²) in [5.41, 5.74) is 1.39. The van der Waals surface area contributed by atoms with Crippen LogP contribution in [0, 0.1) is 11.6 Å². The van der Waals surface area contributed by atoms with Gasteiger partial charge in [0.2, 0.25) is 5.91 Å². The topological polar surface area (TPSA) is 74.7 Å². The number of nitrogens with zero attached hydrogens (tertiary/aromatic N) is 4. The monoisotopic (exact) mass is 500 g/mol. The fourth-order valence-electron chi connectivity index (χ4n) is 4.37. The lowest BCUT2D eigenvalue weighted by Gasteiger charge is -2.31. The first-order valence-electron chi connectivity index (χ1n) is 11.9. The van der Waals surface area contributed by atoms with Crippen molar-refractivity contribution in [2.45, 2.75) is 12.5 Å². The van der Waals surface area contributed by atoms with Crippen LogP contribution in [0.5, 0.6) is 0 Å². The quantitative estimate of drug-likeness (QED) is 0.529. The van der Waals surface area contributed by atoms with E-state index in [1.165, 1.54) is 35.2 Å². The van der Waals surface area contributed by atoms with E-state index in [9.17, 15) is 18.4 Å². The maximum Gasteiger partial charge on any atom is 0.262 e. The van der Waals surface area contributed by atoms with Gasteiger partial charge in [-0.1, -0.05) is 30.3 Å². The molecule has 0 saturated carbocycles. The van der Waals surface area contributed by atoms with E-state index in [1.807, 2.05) is 0 Å². The van der Waals surface area contributed by atoms with Crippen molar-refractivity contribution in [3.63, 3.8) is 0 Å². The highest BCUT2D eigenvalue weighted by Gasteiger charge is 2.35. The molecule has 2 amide bonds. The number of amides is 2. The first-order chi connectivity index (χ1) is 17.5. The number of hydrogen-bond acceptors (Lipinski definition) is 6. The predicted octanol–water partition coefficient (Wildman–Crippen LogP) is 2.45. The Hall–Kier alpha value is -3.21. The van der Waals surface area contributed by atoms with E-state index in [2.05, 4.69) is 10.0 Å². The van der Waals surface area contributed by atoms with Gasteiger partial charge in [0.15, 0.2) is 0 Å². The minimum atomic E-state index is -0.550. The molecule has 0 N–H and O–H groups in total. The summed E-state index contributed by atoms with van der Waals surface area (Å²) in [6.45, 7) is 3.35. The lowest BCUT2D eigenvalue weighted by Crippen LogP contribution is -2.47. The Bertz CT molecular complexity index is 1090. The van der Waals surface area contributed by atoms with Crippen molar-refractivity contribution in [1.82, 2.24) is 14.8 Å². The van der Waals surface area contributed by atoms with E-state index >= 15 is 0 Å². The van der Waals surface area contributed by atoms with Crippen molar-refractivity contribution < 1.29 is 27.8 Å². The number of hydrogen-bond donors (Lipinski definition) is 0. The van der Waals surface area contributed by atoms with Crippen LogP contribution in [0.1, 0.15) is 23.6 Å². The van der Waals surface area contributed by atoms with Crippen LogP contribution in [0.4, 0.5) is 8.78 Å². The van der Waals surface area contributed by atoms with Gasteiger partial charge >= 0.3 is 0 Å². The SMILES string of the molecule is COCC(=O)N(CCN1CCOCC1)CC(=O)N1N=C(c2ccccc2F)C[C@H]1c1ccc(F)cc1. The summed E-state index contributed by atoms with van der Waals surface area (Å²) < 4.78 is 38.5. The third kappa shape index (κ3) is 6.31. The zero-order chi connectivity index (χ0) is 25.5. The summed E-state index contributed by atoms with van der Waals surface area (Å²) >= 11 is 0.